The van der Waals surface area contributed by atoms with E-state index in [1.807, 2.05) is 18.3 Å². The zero-order valence-corrected chi connectivity index (χ0v) is 12.2. The highest BCUT2D eigenvalue weighted by Gasteiger charge is 2.21. The number of halogens is 1. The number of alkyl halides is 1. The standard InChI is InChI=1S/C15H17ClN2O2/c1-18(10-12-4-3-9-17-12)15(19)14(16)11-5-7-13(20-2)8-6-11/h3-9,14,17H,10H2,1-2H3. The number of rotatable bonds is 5. The van der Waals surface area contributed by atoms with Crippen LogP contribution in [-0.4, -0.2) is 29.9 Å². The average Bonchev–Trinajstić information content (AvgIpc) is 2.98. The van der Waals surface area contributed by atoms with Crippen molar-refractivity contribution in [3.05, 3.63) is 53.9 Å². The van der Waals surface area contributed by atoms with Crippen molar-refractivity contribution in [1.29, 1.82) is 0 Å². The highest BCUT2D eigenvalue weighted by molar-refractivity contribution is 6.30. The topological polar surface area (TPSA) is 45.3 Å². The van der Waals surface area contributed by atoms with E-state index in [1.165, 1.54) is 0 Å². The molecule has 0 radical (unpaired) electrons. The first kappa shape index (κ1) is 14.5. The Bertz CT molecular complexity index is 552. The van der Waals surface area contributed by atoms with Crippen LogP contribution in [0.25, 0.3) is 0 Å². The predicted molar refractivity (Wildman–Crippen MR) is 78.9 cm³/mol. The second-order valence-corrected chi connectivity index (χ2v) is 4.96. The minimum absolute atomic E-state index is 0.133. The highest BCUT2D eigenvalue weighted by atomic mass is 35.5. The Labute approximate surface area is 123 Å². The van der Waals surface area contributed by atoms with Gasteiger partial charge in [0.2, 0.25) is 5.91 Å². The summed E-state index contributed by atoms with van der Waals surface area (Å²) in [6.45, 7) is 0.505. The number of hydrogen-bond donors (Lipinski definition) is 1. The number of methoxy groups -OCH3 is 1. The number of nitrogens with zero attached hydrogens (tertiary/aromatic N) is 1. The Balaban J connectivity index is 2.03. The fourth-order valence-corrected chi connectivity index (χ4v) is 2.22. The van der Waals surface area contributed by atoms with Crippen molar-refractivity contribution in [2.75, 3.05) is 14.2 Å². The highest BCUT2D eigenvalue weighted by Crippen LogP contribution is 2.25. The number of likely N-dealkylation sites (N-methyl/N-ethyl adjacent to an activating group) is 1. The third kappa shape index (κ3) is 3.33. The van der Waals surface area contributed by atoms with Crippen molar-refractivity contribution >= 4 is 17.5 Å². The van der Waals surface area contributed by atoms with Gasteiger partial charge in [-0.1, -0.05) is 12.1 Å². The summed E-state index contributed by atoms with van der Waals surface area (Å²) in [7, 11) is 3.34. The normalized spacial score (nSPS) is 11.9. The van der Waals surface area contributed by atoms with Gasteiger partial charge >= 0.3 is 0 Å². The zero-order valence-electron chi connectivity index (χ0n) is 11.5. The summed E-state index contributed by atoms with van der Waals surface area (Å²) in [5.41, 5.74) is 1.73. The van der Waals surface area contributed by atoms with Gasteiger partial charge in [0.1, 0.15) is 11.1 Å². The van der Waals surface area contributed by atoms with Crippen molar-refractivity contribution in [3.63, 3.8) is 0 Å². The van der Waals surface area contributed by atoms with Crippen LogP contribution in [0.1, 0.15) is 16.6 Å². The molecule has 2 aromatic rings. The Hall–Kier alpha value is -1.94. The van der Waals surface area contributed by atoms with Gasteiger partial charge in [-0.05, 0) is 29.8 Å². The van der Waals surface area contributed by atoms with Crippen LogP contribution in [0.3, 0.4) is 0 Å². The third-order valence-corrected chi connectivity index (χ3v) is 3.51. The quantitative estimate of drug-likeness (QED) is 0.861. The Kier molecular flexibility index (Phi) is 4.69. The predicted octanol–water partition coefficient (Wildman–Crippen LogP) is 2.96. The summed E-state index contributed by atoms with van der Waals surface area (Å²) in [5.74, 6) is 0.608. The molecule has 0 aliphatic rings. The summed E-state index contributed by atoms with van der Waals surface area (Å²) in [6.07, 6.45) is 1.83. The van der Waals surface area contributed by atoms with E-state index in [4.69, 9.17) is 16.3 Å². The Morgan fingerprint density at radius 3 is 2.60 bits per heavy atom. The first-order valence-corrected chi connectivity index (χ1v) is 6.70. The second kappa shape index (κ2) is 6.48. The van der Waals surface area contributed by atoms with E-state index < -0.39 is 5.38 Å². The number of hydrogen-bond acceptors (Lipinski definition) is 2. The van der Waals surface area contributed by atoms with Gasteiger partial charge in [0.25, 0.3) is 0 Å². The fourth-order valence-electron chi connectivity index (χ4n) is 1.91. The van der Waals surface area contributed by atoms with Crippen LogP contribution < -0.4 is 4.74 Å². The number of H-pyrrole nitrogens is 1. The van der Waals surface area contributed by atoms with Crippen LogP contribution in [0, 0.1) is 0 Å². The maximum Gasteiger partial charge on any atom is 0.245 e. The summed E-state index contributed by atoms with van der Waals surface area (Å²) in [5, 5.41) is -0.694. The van der Waals surface area contributed by atoms with E-state index >= 15 is 0 Å². The van der Waals surface area contributed by atoms with E-state index in [0.29, 0.717) is 6.54 Å². The number of ether oxygens (including phenoxy) is 1. The number of aromatic nitrogens is 1. The van der Waals surface area contributed by atoms with Gasteiger partial charge in [-0.3, -0.25) is 4.79 Å². The van der Waals surface area contributed by atoms with Crippen LogP contribution in [0.15, 0.2) is 42.6 Å². The number of carbonyl (C=O) groups excluding carboxylic acids is 1. The molecule has 0 bridgehead atoms. The molecule has 0 fully saturated rings. The summed E-state index contributed by atoms with van der Waals surface area (Å²) >= 11 is 6.25. The van der Waals surface area contributed by atoms with Crippen molar-refractivity contribution in [1.82, 2.24) is 9.88 Å². The molecule has 1 unspecified atom stereocenters. The molecule has 20 heavy (non-hydrogen) atoms. The molecule has 1 aromatic carbocycles. The van der Waals surface area contributed by atoms with E-state index in [1.54, 1.807) is 43.3 Å². The summed E-state index contributed by atoms with van der Waals surface area (Å²) in [6, 6.07) is 11.0. The monoisotopic (exact) mass is 292 g/mol. The molecule has 1 N–H and O–H groups in total. The molecule has 1 atom stereocenters. The summed E-state index contributed by atoms with van der Waals surface area (Å²) < 4.78 is 5.08. The van der Waals surface area contributed by atoms with Gasteiger partial charge in [0, 0.05) is 18.9 Å². The minimum Gasteiger partial charge on any atom is -0.497 e. The number of carbonyl (C=O) groups is 1. The first-order chi connectivity index (χ1) is 9.61. The van der Waals surface area contributed by atoms with Crippen LogP contribution in [0.5, 0.6) is 5.75 Å². The molecule has 1 amide bonds. The number of benzene rings is 1. The van der Waals surface area contributed by atoms with Crippen molar-refractivity contribution in [3.8, 4) is 5.75 Å². The molecule has 0 saturated carbocycles. The van der Waals surface area contributed by atoms with Gasteiger partial charge < -0.3 is 14.6 Å². The lowest BCUT2D eigenvalue weighted by Crippen LogP contribution is -2.29. The molecule has 0 aliphatic heterocycles. The van der Waals surface area contributed by atoms with Crippen LogP contribution in [0.4, 0.5) is 0 Å². The molecule has 5 heteroatoms. The van der Waals surface area contributed by atoms with Gasteiger partial charge in [-0.25, -0.2) is 0 Å². The Morgan fingerprint density at radius 1 is 1.35 bits per heavy atom. The smallest absolute Gasteiger partial charge is 0.245 e. The molecule has 4 nitrogen and oxygen atoms in total. The molecular weight excluding hydrogens is 276 g/mol. The first-order valence-electron chi connectivity index (χ1n) is 6.27. The molecule has 0 aliphatic carbocycles. The largest absolute Gasteiger partial charge is 0.497 e. The van der Waals surface area contributed by atoms with E-state index in [-0.39, 0.29) is 5.91 Å². The van der Waals surface area contributed by atoms with Crippen LogP contribution >= 0.6 is 11.6 Å². The Morgan fingerprint density at radius 2 is 2.05 bits per heavy atom. The van der Waals surface area contributed by atoms with E-state index in [0.717, 1.165) is 17.0 Å². The molecule has 0 spiro atoms. The SMILES string of the molecule is COc1ccc(C(Cl)C(=O)N(C)Cc2ccc[nH]2)cc1. The zero-order chi connectivity index (χ0) is 14.5. The van der Waals surface area contributed by atoms with E-state index in [2.05, 4.69) is 4.98 Å². The number of amides is 1. The lowest BCUT2D eigenvalue weighted by molar-refractivity contribution is -0.130. The average molecular weight is 293 g/mol. The second-order valence-electron chi connectivity index (χ2n) is 4.53. The number of aromatic amines is 1. The van der Waals surface area contributed by atoms with Gasteiger partial charge in [0.15, 0.2) is 0 Å². The van der Waals surface area contributed by atoms with Crippen molar-refractivity contribution in [2.24, 2.45) is 0 Å². The van der Waals surface area contributed by atoms with Gasteiger partial charge in [-0.15, -0.1) is 11.6 Å². The maximum absolute atomic E-state index is 12.3. The molecule has 0 saturated heterocycles. The third-order valence-electron chi connectivity index (χ3n) is 3.07. The van der Waals surface area contributed by atoms with Crippen LogP contribution in [-0.2, 0) is 11.3 Å². The van der Waals surface area contributed by atoms with Crippen molar-refractivity contribution in [2.45, 2.75) is 11.9 Å². The lowest BCUT2D eigenvalue weighted by Gasteiger charge is -2.20. The van der Waals surface area contributed by atoms with Crippen molar-refractivity contribution < 1.29 is 9.53 Å². The van der Waals surface area contributed by atoms with E-state index in [9.17, 15) is 4.79 Å². The lowest BCUT2D eigenvalue weighted by atomic mass is 10.1. The maximum atomic E-state index is 12.3. The minimum atomic E-state index is -0.694. The van der Waals surface area contributed by atoms with Gasteiger partial charge in [0.05, 0.1) is 13.7 Å². The molecule has 1 aromatic heterocycles. The molecule has 1 heterocycles. The summed E-state index contributed by atoms with van der Waals surface area (Å²) in [4.78, 5) is 16.9. The molecule has 106 valence electrons. The molecule has 2 rings (SSSR count). The molecular formula is C15H17ClN2O2. The fraction of sp³-hybridized carbons (Fsp3) is 0.267. The van der Waals surface area contributed by atoms with Crippen LogP contribution in [0.2, 0.25) is 0 Å². The number of nitrogens with one attached hydrogen (secondary N) is 1. The van der Waals surface area contributed by atoms with Gasteiger partial charge in [-0.2, -0.15) is 0 Å².